The normalized spacial score (nSPS) is 19.5. The highest BCUT2D eigenvalue weighted by Gasteiger charge is 2.33. The van der Waals surface area contributed by atoms with E-state index in [1.165, 1.54) is 13.0 Å². The van der Waals surface area contributed by atoms with Crippen molar-refractivity contribution in [2.45, 2.75) is 50.5 Å². The monoisotopic (exact) mass is 358 g/mol. The topological polar surface area (TPSA) is 66.5 Å². The molecular formula is C16H23ClN2O3S. The van der Waals surface area contributed by atoms with Gasteiger partial charge in [0.25, 0.3) is 0 Å². The van der Waals surface area contributed by atoms with Crippen LogP contribution in [0.15, 0.2) is 23.1 Å². The van der Waals surface area contributed by atoms with Gasteiger partial charge in [0.05, 0.1) is 4.90 Å². The van der Waals surface area contributed by atoms with Crippen LogP contribution in [0.2, 0.25) is 5.02 Å². The summed E-state index contributed by atoms with van der Waals surface area (Å²) in [6, 6.07) is 4.77. The first-order valence-corrected chi connectivity index (χ1v) is 9.66. The molecule has 1 atom stereocenters. The molecule has 0 unspecified atom stereocenters. The minimum Gasteiger partial charge on any atom is -0.356 e. The summed E-state index contributed by atoms with van der Waals surface area (Å²) < 4.78 is 27.4. The van der Waals surface area contributed by atoms with Gasteiger partial charge in [-0.05, 0) is 43.9 Å². The lowest BCUT2D eigenvalue weighted by Crippen LogP contribution is -2.45. The fraction of sp³-hybridized carbons (Fsp3) is 0.562. The lowest BCUT2D eigenvalue weighted by atomic mass is 10.0. The Morgan fingerprint density at radius 1 is 1.39 bits per heavy atom. The molecule has 0 radical (unpaired) electrons. The van der Waals surface area contributed by atoms with Crippen LogP contribution in [0.1, 0.15) is 38.2 Å². The first-order chi connectivity index (χ1) is 10.8. The number of carbonyl (C=O) groups is 1. The molecule has 1 amide bonds. The smallest absolute Gasteiger partial charge is 0.243 e. The molecule has 0 aromatic heterocycles. The van der Waals surface area contributed by atoms with Crippen LogP contribution in [0.5, 0.6) is 0 Å². The SMILES string of the molecule is CC(=O)NCC[C@H]1CCCCN1S(=O)(=O)c1ccc(C)c(Cl)c1. The molecule has 0 aliphatic carbocycles. The minimum atomic E-state index is -3.56. The summed E-state index contributed by atoms with van der Waals surface area (Å²) >= 11 is 6.08. The van der Waals surface area contributed by atoms with E-state index in [1.807, 2.05) is 6.92 Å². The van der Waals surface area contributed by atoms with Crippen molar-refractivity contribution in [1.29, 1.82) is 0 Å². The standard InChI is InChI=1S/C16H23ClN2O3S/c1-12-6-7-15(11-16(12)17)23(21,22)19-10-4-3-5-14(19)8-9-18-13(2)20/h6-7,11,14H,3-5,8-10H2,1-2H3,(H,18,20)/t14-/m1/s1. The largest absolute Gasteiger partial charge is 0.356 e. The van der Waals surface area contributed by atoms with Crippen molar-refractivity contribution in [1.82, 2.24) is 9.62 Å². The second-order valence-corrected chi connectivity index (χ2v) is 8.25. The molecule has 1 aromatic carbocycles. The Balaban J connectivity index is 2.20. The zero-order valence-corrected chi connectivity index (χ0v) is 15.1. The molecule has 1 fully saturated rings. The number of benzene rings is 1. The van der Waals surface area contributed by atoms with Gasteiger partial charge in [0.15, 0.2) is 0 Å². The van der Waals surface area contributed by atoms with E-state index in [0.29, 0.717) is 24.5 Å². The zero-order chi connectivity index (χ0) is 17.0. The summed E-state index contributed by atoms with van der Waals surface area (Å²) in [4.78, 5) is 11.2. The van der Waals surface area contributed by atoms with E-state index in [2.05, 4.69) is 5.32 Å². The number of hydrogen-bond acceptors (Lipinski definition) is 3. The molecule has 23 heavy (non-hydrogen) atoms. The molecule has 0 saturated carbocycles. The summed E-state index contributed by atoms with van der Waals surface area (Å²) in [6.07, 6.45) is 3.30. The highest BCUT2D eigenvalue weighted by Crippen LogP contribution is 2.29. The molecule has 1 aliphatic heterocycles. The Bertz CT molecular complexity index is 676. The number of rotatable bonds is 5. The van der Waals surface area contributed by atoms with Crippen molar-refractivity contribution in [2.24, 2.45) is 0 Å². The van der Waals surface area contributed by atoms with Gasteiger partial charge in [-0.2, -0.15) is 4.31 Å². The second kappa shape index (κ2) is 7.64. The molecule has 128 valence electrons. The summed E-state index contributed by atoms with van der Waals surface area (Å²) in [7, 11) is -3.56. The number of nitrogens with one attached hydrogen (secondary N) is 1. The molecule has 1 heterocycles. The molecule has 0 spiro atoms. The van der Waals surface area contributed by atoms with Gasteiger partial charge in [-0.3, -0.25) is 4.79 Å². The van der Waals surface area contributed by atoms with Crippen molar-refractivity contribution in [3.8, 4) is 0 Å². The van der Waals surface area contributed by atoms with Crippen LogP contribution in [-0.2, 0) is 14.8 Å². The van der Waals surface area contributed by atoms with Crippen molar-refractivity contribution < 1.29 is 13.2 Å². The van der Waals surface area contributed by atoms with E-state index in [4.69, 9.17) is 11.6 Å². The fourth-order valence-corrected chi connectivity index (χ4v) is 4.86. The number of carbonyl (C=O) groups excluding carboxylic acids is 1. The third-order valence-electron chi connectivity index (χ3n) is 4.17. The number of nitrogens with zero attached hydrogens (tertiary/aromatic N) is 1. The van der Waals surface area contributed by atoms with Gasteiger partial charge >= 0.3 is 0 Å². The fourth-order valence-electron chi connectivity index (χ4n) is 2.86. The highest BCUT2D eigenvalue weighted by atomic mass is 35.5. The van der Waals surface area contributed by atoms with Crippen LogP contribution in [0, 0.1) is 6.92 Å². The highest BCUT2D eigenvalue weighted by molar-refractivity contribution is 7.89. The van der Waals surface area contributed by atoms with E-state index in [-0.39, 0.29) is 16.8 Å². The molecule has 0 bridgehead atoms. The maximum Gasteiger partial charge on any atom is 0.243 e. The molecule has 7 heteroatoms. The maximum absolute atomic E-state index is 12.9. The number of aryl methyl sites for hydroxylation is 1. The molecule has 1 aromatic rings. The van der Waals surface area contributed by atoms with Crippen LogP contribution >= 0.6 is 11.6 Å². The molecule has 1 N–H and O–H groups in total. The number of amides is 1. The Labute approximate surface area is 143 Å². The van der Waals surface area contributed by atoms with Gasteiger partial charge in [0, 0.05) is 31.1 Å². The van der Waals surface area contributed by atoms with Gasteiger partial charge in [-0.1, -0.05) is 24.1 Å². The average molecular weight is 359 g/mol. The third kappa shape index (κ3) is 4.46. The molecule has 1 aliphatic rings. The van der Waals surface area contributed by atoms with E-state index >= 15 is 0 Å². The van der Waals surface area contributed by atoms with E-state index in [0.717, 1.165) is 24.8 Å². The lowest BCUT2D eigenvalue weighted by Gasteiger charge is -2.34. The summed E-state index contributed by atoms with van der Waals surface area (Å²) in [5.74, 6) is -0.0967. The van der Waals surface area contributed by atoms with Crippen LogP contribution < -0.4 is 5.32 Å². The van der Waals surface area contributed by atoms with Gasteiger partial charge in [-0.25, -0.2) is 8.42 Å². The zero-order valence-electron chi connectivity index (χ0n) is 13.5. The summed E-state index contributed by atoms with van der Waals surface area (Å²) in [6.45, 7) is 4.30. The number of sulfonamides is 1. The molecule has 2 rings (SSSR count). The predicted molar refractivity (Wildman–Crippen MR) is 91.0 cm³/mol. The lowest BCUT2D eigenvalue weighted by molar-refractivity contribution is -0.119. The molecular weight excluding hydrogens is 336 g/mol. The van der Waals surface area contributed by atoms with Crippen LogP contribution in [-0.4, -0.2) is 37.8 Å². The van der Waals surface area contributed by atoms with E-state index in [9.17, 15) is 13.2 Å². The minimum absolute atomic E-state index is 0.0827. The Morgan fingerprint density at radius 3 is 2.78 bits per heavy atom. The molecule has 1 saturated heterocycles. The molecule has 5 nitrogen and oxygen atoms in total. The third-order valence-corrected chi connectivity index (χ3v) is 6.53. The Kier molecular flexibility index (Phi) is 6.06. The maximum atomic E-state index is 12.9. The first-order valence-electron chi connectivity index (χ1n) is 7.85. The number of piperidine rings is 1. The van der Waals surface area contributed by atoms with Crippen molar-refractivity contribution in [3.63, 3.8) is 0 Å². The van der Waals surface area contributed by atoms with Crippen molar-refractivity contribution >= 4 is 27.5 Å². The first kappa shape index (κ1) is 18.2. The number of halogens is 1. The summed E-state index contributed by atoms with van der Waals surface area (Å²) in [5.41, 5.74) is 0.853. The van der Waals surface area contributed by atoms with Gasteiger partial charge < -0.3 is 5.32 Å². The van der Waals surface area contributed by atoms with Gasteiger partial charge in [-0.15, -0.1) is 0 Å². The summed E-state index contributed by atoms with van der Waals surface area (Å²) in [5, 5.41) is 3.20. The van der Waals surface area contributed by atoms with Crippen LogP contribution in [0.25, 0.3) is 0 Å². The Hall–Kier alpha value is -1.11. The Morgan fingerprint density at radius 2 is 2.13 bits per heavy atom. The van der Waals surface area contributed by atoms with Gasteiger partial charge in [0.1, 0.15) is 0 Å². The van der Waals surface area contributed by atoms with Crippen LogP contribution in [0.3, 0.4) is 0 Å². The quantitative estimate of drug-likeness (QED) is 0.880. The predicted octanol–water partition coefficient (Wildman–Crippen LogP) is 2.72. The van der Waals surface area contributed by atoms with Crippen molar-refractivity contribution in [3.05, 3.63) is 28.8 Å². The average Bonchev–Trinajstić information content (AvgIpc) is 2.50. The second-order valence-electron chi connectivity index (χ2n) is 5.95. The number of hydrogen-bond donors (Lipinski definition) is 1. The van der Waals surface area contributed by atoms with Crippen molar-refractivity contribution in [2.75, 3.05) is 13.1 Å². The van der Waals surface area contributed by atoms with E-state index in [1.54, 1.807) is 16.4 Å². The van der Waals surface area contributed by atoms with Crippen LogP contribution in [0.4, 0.5) is 0 Å². The van der Waals surface area contributed by atoms with E-state index < -0.39 is 10.0 Å². The van der Waals surface area contributed by atoms with Gasteiger partial charge in [0.2, 0.25) is 15.9 Å².